The van der Waals surface area contributed by atoms with E-state index in [2.05, 4.69) is 11.3 Å². The lowest BCUT2D eigenvalue weighted by molar-refractivity contribution is -0.0630. The Bertz CT molecular complexity index is 546. The minimum absolute atomic E-state index is 0.312. The fraction of sp³-hybridized carbons (Fsp3) is 0.500. The molecular weight excluding hydrogens is 330 g/mol. The van der Waals surface area contributed by atoms with Gasteiger partial charge in [-0.1, -0.05) is 39.5 Å². The number of rotatable bonds is 9. The summed E-state index contributed by atoms with van der Waals surface area (Å²) in [4.78, 5) is 11.5. The van der Waals surface area contributed by atoms with E-state index in [1.165, 1.54) is 31.4 Å². The third-order valence-corrected chi connectivity index (χ3v) is 9.16. The quantitative estimate of drug-likeness (QED) is 0.339. The average molecular weight is 356 g/mol. The van der Waals surface area contributed by atoms with Crippen LogP contribution in [0.25, 0.3) is 0 Å². The molecule has 1 unspecified atom stereocenters. The standard InChI is InChI=1S/C18H26F2O3Si/c1-6-18(19,20)16(23-24(7-2,8-3)9-4)14-10-12-15(13-11-14)17(21)22-5/h6,10-13,16H,1,7-9H2,2-5H3. The second-order valence-electron chi connectivity index (χ2n) is 5.73. The number of benzene rings is 1. The summed E-state index contributed by atoms with van der Waals surface area (Å²) in [7, 11) is -0.976. The zero-order valence-electron chi connectivity index (χ0n) is 14.8. The third-order valence-electron chi connectivity index (χ3n) is 4.56. The Labute approximate surface area is 143 Å². The highest BCUT2D eigenvalue weighted by molar-refractivity contribution is 6.73. The molecule has 0 aliphatic carbocycles. The molecule has 0 aliphatic heterocycles. The molecular formula is C18H26F2O3Si. The van der Waals surface area contributed by atoms with Gasteiger partial charge in [-0.3, -0.25) is 0 Å². The van der Waals surface area contributed by atoms with E-state index in [-0.39, 0.29) is 0 Å². The molecule has 0 spiro atoms. The zero-order chi connectivity index (χ0) is 18.4. The summed E-state index contributed by atoms with van der Waals surface area (Å²) in [6.45, 7) is 9.22. The first-order chi connectivity index (χ1) is 11.3. The van der Waals surface area contributed by atoms with E-state index in [4.69, 9.17) is 4.43 Å². The van der Waals surface area contributed by atoms with Gasteiger partial charge in [0.25, 0.3) is 5.92 Å². The maximum atomic E-state index is 14.5. The van der Waals surface area contributed by atoms with Crippen molar-refractivity contribution in [2.75, 3.05) is 7.11 Å². The first-order valence-corrected chi connectivity index (χ1v) is 10.7. The number of ether oxygens (including phenoxy) is 1. The van der Waals surface area contributed by atoms with Gasteiger partial charge in [-0.25, -0.2) is 4.79 Å². The summed E-state index contributed by atoms with van der Waals surface area (Å²) >= 11 is 0. The van der Waals surface area contributed by atoms with Crippen LogP contribution >= 0.6 is 0 Å². The number of hydrogen-bond donors (Lipinski definition) is 0. The summed E-state index contributed by atoms with van der Waals surface area (Å²) in [6.07, 6.45) is -0.764. The van der Waals surface area contributed by atoms with E-state index < -0.39 is 26.3 Å². The molecule has 0 fully saturated rings. The minimum Gasteiger partial charge on any atom is -0.465 e. The van der Waals surface area contributed by atoms with Gasteiger partial charge in [-0.2, -0.15) is 8.78 Å². The molecule has 0 aliphatic rings. The SMILES string of the molecule is C=CC(F)(F)C(O[Si](CC)(CC)CC)c1ccc(C(=O)OC)cc1. The number of carbonyl (C=O) groups excluding carboxylic acids is 1. The maximum absolute atomic E-state index is 14.5. The number of alkyl halides is 2. The Morgan fingerprint density at radius 3 is 2.08 bits per heavy atom. The molecule has 0 aromatic heterocycles. The monoisotopic (exact) mass is 356 g/mol. The molecule has 0 bridgehead atoms. The molecule has 134 valence electrons. The predicted octanol–water partition coefficient (Wildman–Crippen LogP) is 5.36. The minimum atomic E-state index is -3.19. The van der Waals surface area contributed by atoms with Gasteiger partial charge in [0.2, 0.25) is 0 Å². The van der Waals surface area contributed by atoms with E-state index in [9.17, 15) is 13.6 Å². The summed E-state index contributed by atoms with van der Waals surface area (Å²) in [6, 6.07) is 8.24. The summed E-state index contributed by atoms with van der Waals surface area (Å²) in [5.41, 5.74) is 0.645. The van der Waals surface area contributed by atoms with Crippen molar-refractivity contribution in [2.45, 2.75) is 50.9 Å². The molecule has 1 aromatic carbocycles. The van der Waals surface area contributed by atoms with E-state index in [0.717, 1.165) is 18.1 Å². The van der Waals surface area contributed by atoms with E-state index in [1.54, 1.807) is 0 Å². The number of hydrogen-bond acceptors (Lipinski definition) is 3. The molecule has 1 atom stereocenters. The second kappa shape index (κ2) is 8.53. The van der Waals surface area contributed by atoms with Gasteiger partial charge in [-0.15, -0.1) is 0 Å². The fourth-order valence-electron chi connectivity index (χ4n) is 2.64. The number of esters is 1. The molecule has 3 nitrogen and oxygen atoms in total. The number of carbonyl (C=O) groups is 1. The van der Waals surface area contributed by atoms with Gasteiger partial charge in [0, 0.05) is 0 Å². The van der Waals surface area contributed by atoms with Crippen molar-refractivity contribution in [1.29, 1.82) is 0 Å². The first kappa shape index (κ1) is 20.5. The lowest BCUT2D eigenvalue weighted by atomic mass is 10.0. The molecule has 6 heteroatoms. The number of methoxy groups -OCH3 is 1. The van der Waals surface area contributed by atoms with Crippen LogP contribution in [0.3, 0.4) is 0 Å². The Morgan fingerprint density at radius 2 is 1.71 bits per heavy atom. The van der Waals surface area contributed by atoms with Gasteiger partial charge in [-0.05, 0) is 41.9 Å². The van der Waals surface area contributed by atoms with Gasteiger partial charge in [0.1, 0.15) is 6.10 Å². The Kier molecular flexibility index (Phi) is 7.29. The van der Waals surface area contributed by atoms with Crippen LogP contribution in [-0.4, -0.2) is 27.3 Å². The van der Waals surface area contributed by atoms with Crippen molar-refractivity contribution in [3.05, 3.63) is 48.0 Å². The maximum Gasteiger partial charge on any atom is 0.337 e. The molecule has 0 N–H and O–H groups in total. The predicted molar refractivity (Wildman–Crippen MR) is 93.9 cm³/mol. The van der Waals surface area contributed by atoms with E-state index >= 15 is 0 Å². The van der Waals surface area contributed by atoms with Crippen molar-refractivity contribution in [3.63, 3.8) is 0 Å². The normalized spacial score (nSPS) is 13.4. The Hall–Kier alpha value is -1.53. The van der Waals surface area contributed by atoms with Crippen molar-refractivity contribution >= 4 is 14.3 Å². The van der Waals surface area contributed by atoms with Gasteiger partial charge in [0.05, 0.1) is 12.7 Å². The second-order valence-corrected chi connectivity index (χ2v) is 10.5. The van der Waals surface area contributed by atoms with Gasteiger partial charge in [0.15, 0.2) is 8.32 Å². The van der Waals surface area contributed by atoms with Crippen LogP contribution < -0.4 is 0 Å². The van der Waals surface area contributed by atoms with E-state index in [0.29, 0.717) is 17.2 Å². The fourth-order valence-corrected chi connectivity index (χ4v) is 5.43. The van der Waals surface area contributed by atoms with Crippen LogP contribution in [0, 0.1) is 0 Å². The highest BCUT2D eigenvalue weighted by atomic mass is 28.4. The summed E-state index contributed by atoms with van der Waals surface area (Å²) in [5, 5.41) is 0. The van der Waals surface area contributed by atoms with Crippen LogP contribution in [0.1, 0.15) is 42.8 Å². The highest BCUT2D eigenvalue weighted by Gasteiger charge is 2.44. The van der Waals surface area contributed by atoms with Crippen molar-refractivity contribution < 1.29 is 22.7 Å². The zero-order valence-corrected chi connectivity index (χ0v) is 15.8. The van der Waals surface area contributed by atoms with Crippen LogP contribution in [-0.2, 0) is 9.16 Å². The molecule has 0 heterocycles. The third kappa shape index (κ3) is 4.51. The van der Waals surface area contributed by atoms with E-state index in [1.807, 2.05) is 20.8 Å². The smallest absolute Gasteiger partial charge is 0.337 e. The molecule has 24 heavy (non-hydrogen) atoms. The van der Waals surface area contributed by atoms with Crippen LogP contribution in [0.2, 0.25) is 18.1 Å². The molecule has 0 radical (unpaired) electrons. The van der Waals surface area contributed by atoms with Crippen LogP contribution in [0.15, 0.2) is 36.9 Å². The highest BCUT2D eigenvalue weighted by Crippen LogP contribution is 2.40. The number of halogens is 2. The average Bonchev–Trinajstić information content (AvgIpc) is 2.62. The van der Waals surface area contributed by atoms with Crippen molar-refractivity contribution in [1.82, 2.24) is 0 Å². The van der Waals surface area contributed by atoms with Gasteiger partial charge >= 0.3 is 5.97 Å². The van der Waals surface area contributed by atoms with Crippen molar-refractivity contribution in [3.8, 4) is 0 Å². The van der Waals surface area contributed by atoms with Crippen LogP contribution in [0.5, 0.6) is 0 Å². The lowest BCUT2D eigenvalue weighted by Gasteiger charge is -2.36. The summed E-state index contributed by atoms with van der Waals surface area (Å²) < 4.78 is 39.6. The molecule has 0 saturated carbocycles. The summed E-state index contributed by atoms with van der Waals surface area (Å²) in [5.74, 6) is -3.70. The van der Waals surface area contributed by atoms with Crippen molar-refractivity contribution in [2.24, 2.45) is 0 Å². The van der Waals surface area contributed by atoms with Crippen LogP contribution in [0.4, 0.5) is 8.78 Å². The molecule has 0 amide bonds. The Morgan fingerprint density at radius 1 is 1.21 bits per heavy atom. The lowest BCUT2D eigenvalue weighted by Crippen LogP contribution is -2.41. The molecule has 0 saturated heterocycles. The molecule has 1 aromatic rings. The Balaban J connectivity index is 3.24. The molecule has 1 rings (SSSR count). The topological polar surface area (TPSA) is 35.5 Å². The largest absolute Gasteiger partial charge is 0.465 e. The first-order valence-electron chi connectivity index (χ1n) is 8.16. The van der Waals surface area contributed by atoms with Gasteiger partial charge < -0.3 is 9.16 Å².